The van der Waals surface area contributed by atoms with Gasteiger partial charge in [0, 0.05) is 0 Å². The zero-order chi connectivity index (χ0) is 19.8. The van der Waals surface area contributed by atoms with E-state index in [2.05, 4.69) is 0 Å². The van der Waals surface area contributed by atoms with Crippen molar-refractivity contribution < 1.29 is 29.2 Å². The third-order valence-electron chi connectivity index (χ3n) is 5.27. The molecule has 28 heavy (non-hydrogen) atoms. The molecule has 150 valence electrons. The van der Waals surface area contributed by atoms with Crippen LogP contribution in [0.3, 0.4) is 0 Å². The van der Waals surface area contributed by atoms with Crippen LogP contribution in [0.2, 0.25) is 0 Å². The van der Waals surface area contributed by atoms with Crippen LogP contribution in [-0.4, -0.2) is 53.3 Å². The highest BCUT2D eigenvalue weighted by atomic mass is 16.8. The molecule has 2 aromatic carbocycles. The molecule has 2 heterocycles. The molecule has 6 heteroatoms. The molecule has 4 rings (SSSR count). The van der Waals surface area contributed by atoms with Gasteiger partial charge in [0.2, 0.25) is 0 Å². The van der Waals surface area contributed by atoms with Crippen molar-refractivity contribution in [1.82, 2.24) is 0 Å². The number of rotatable bonds is 6. The monoisotopic (exact) mass is 386 g/mol. The van der Waals surface area contributed by atoms with Crippen LogP contribution in [0.15, 0.2) is 60.7 Å². The van der Waals surface area contributed by atoms with Crippen molar-refractivity contribution in [3.8, 4) is 0 Å². The minimum atomic E-state index is -1.30. The van der Waals surface area contributed by atoms with E-state index in [4.69, 9.17) is 18.9 Å². The average Bonchev–Trinajstić information content (AvgIpc) is 3.13. The Hall–Kier alpha value is -1.80. The second-order valence-corrected chi connectivity index (χ2v) is 7.72. The molecule has 2 saturated heterocycles. The van der Waals surface area contributed by atoms with Gasteiger partial charge in [0.25, 0.3) is 0 Å². The summed E-state index contributed by atoms with van der Waals surface area (Å²) in [5.74, 6) is -0.922. The summed E-state index contributed by atoms with van der Waals surface area (Å²) in [6, 6.07) is 19.9. The third-order valence-corrected chi connectivity index (χ3v) is 5.27. The molecule has 0 aliphatic carbocycles. The summed E-state index contributed by atoms with van der Waals surface area (Å²) in [6.07, 6.45) is -2.78. The predicted molar refractivity (Wildman–Crippen MR) is 101 cm³/mol. The SMILES string of the molecule is CC1(C)O[C@H]2[C@H](COC(c3ccccc3)c3ccccc3)OC(O)[C@@]2(CO)O1. The molecule has 0 spiro atoms. The lowest BCUT2D eigenvalue weighted by atomic mass is 9.96. The molecule has 4 atom stereocenters. The molecule has 2 aliphatic rings. The first-order valence-electron chi connectivity index (χ1n) is 9.49. The zero-order valence-electron chi connectivity index (χ0n) is 16.0. The van der Waals surface area contributed by atoms with Crippen molar-refractivity contribution >= 4 is 0 Å². The van der Waals surface area contributed by atoms with E-state index in [0.717, 1.165) is 11.1 Å². The second kappa shape index (κ2) is 7.55. The maximum absolute atomic E-state index is 10.4. The van der Waals surface area contributed by atoms with E-state index in [9.17, 15) is 10.2 Å². The van der Waals surface area contributed by atoms with Gasteiger partial charge in [-0.15, -0.1) is 0 Å². The summed E-state index contributed by atoms with van der Waals surface area (Å²) < 4.78 is 23.7. The van der Waals surface area contributed by atoms with Gasteiger partial charge < -0.3 is 29.2 Å². The van der Waals surface area contributed by atoms with Crippen LogP contribution in [0.25, 0.3) is 0 Å². The van der Waals surface area contributed by atoms with Crippen molar-refractivity contribution in [3.05, 3.63) is 71.8 Å². The molecule has 2 N–H and O–H groups in total. The highest BCUT2D eigenvalue weighted by molar-refractivity contribution is 5.30. The summed E-state index contributed by atoms with van der Waals surface area (Å²) in [5.41, 5.74) is 0.737. The largest absolute Gasteiger partial charge is 0.393 e. The van der Waals surface area contributed by atoms with Crippen LogP contribution in [0, 0.1) is 0 Å². The van der Waals surface area contributed by atoms with Crippen molar-refractivity contribution in [3.63, 3.8) is 0 Å². The lowest BCUT2D eigenvalue weighted by molar-refractivity contribution is -0.255. The zero-order valence-corrected chi connectivity index (χ0v) is 16.0. The van der Waals surface area contributed by atoms with Gasteiger partial charge in [-0.3, -0.25) is 0 Å². The van der Waals surface area contributed by atoms with Gasteiger partial charge in [-0.2, -0.15) is 0 Å². The Morgan fingerprint density at radius 3 is 2.11 bits per heavy atom. The quantitative estimate of drug-likeness (QED) is 0.794. The Balaban J connectivity index is 1.55. The van der Waals surface area contributed by atoms with Gasteiger partial charge in [0.1, 0.15) is 18.3 Å². The lowest BCUT2D eigenvalue weighted by Crippen LogP contribution is -2.50. The minimum Gasteiger partial charge on any atom is -0.393 e. The molecule has 0 bridgehead atoms. The minimum absolute atomic E-state index is 0.178. The molecule has 2 aliphatic heterocycles. The van der Waals surface area contributed by atoms with Gasteiger partial charge in [-0.05, 0) is 25.0 Å². The molecule has 0 amide bonds. The van der Waals surface area contributed by atoms with Gasteiger partial charge in [-0.1, -0.05) is 60.7 Å². The molecule has 0 saturated carbocycles. The van der Waals surface area contributed by atoms with Crippen LogP contribution in [-0.2, 0) is 18.9 Å². The number of hydrogen-bond donors (Lipinski definition) is 2. The first-order valence-corrected chi connectivity index (χ1v) is 9.49. The topological polar surface area (TPSA) is 77.4 Å². The number of benzene rings is 2. The Morgan fingerprint density at radius 1 is 1.00 bits per heavy atom. The molecule has 0 aromatic heterocycles. The summed E-state index contributed by atoms with van der Waals surface area (Å²) in [7, 11) is 0. The van der Waals surface area contributed by atoms with E-state index in [-0.39, 0.29) is 12.7 Å². The van der Waals surface area contributed by atoms with E-state index >= 15 is 0 Å². The highest BCUT2D eigenvalue weighted by Crippen LogP contribution is 2.46. The van der Waals surface area contributed by atoms with E-state index in [0.29, 0.717) is 0 Å². The summed E-state index contributed by atoms with van der Waals surface area (Å²) in [6.45, 7) is 3.28. The predicted octanol–water partition coefficient (Wildman–Crippen LogP) is 2.39. The third kappa shape index (κ3) is 3.48. The maximum Gasteiger partial charge on any atom is 0.189 e. The fourth-order valence-electron chi connectivity index (χ4n) is 4.04. The van der Waals surface area contributed by atoms with Gasteiger partial charge >= 0.3 is 0 Å². The van der Waals surface area contributed by atoms with Crippen molar-refractivity contribution in [2.45, 2.75) is 49.8 Å². The van der Waals surface area contributed by atoms with Crippen LogP contribution in [0.5, 0.6) is 0 Å². The Bertz CT molecular complexity index is 741. The highest BCUT2D eigenvalue weighted by Gasteiger charge is 2.65. The number of fused-ring (bicyclic) bond motifs is 1. The molecule has 2 fully saturated rings. The van der Waals surface area contributed by atoms with Gasteiger partial charge in [0.05, 0.1) is 13.2 Å². The van der Waals surface area contributed by atoms with Crippen LogP contribution >= 0.6 is 0 Å². The van der Waals surface area contributed by atoms with Crippen molar-refractivity contribution in [2.75, 3.05) is 13.2 Å². The number of hydrogen-bond acceptors (Lipinski definition) is 6. The molecule has 6 nitrogen and oxygen atoms in total. The molecular formula is C22H26O6. The fourth-order valence-corrected chi connectivity index (χ4v) is 4.04. The normalized spacial score (nSPS) is 31.2. The summed E-state index contributed by atoms with van der Waals surface area (Å²) in [5, 5.41) is 20.3. The molecular weight excluding hydrogens is 360 g/mol. The standard InChI is InChI=1S/C22H26O6/c1-21(2)27-19-17(26-20(24)22(19,14-23)28-21)13-25-18(15-9-5-3-6-10-15)16-11-7-4-8-12-16/h3-12,17-20,23-24H,13-14H2,1-2H3/t17-,19-,20?,22-/m0/s1. The number of aliphatic hydroxyl groups excluding tert-OH is 2. The Kier molecular flexibility index (Phi) is 5.26. The average molecular weight is 386 g/mol. The van der Waals surface area contributed by atoms with Gasteiger partial charge in [-0.25, -0.2) is 0 Å². The van der Waals surface area contributed by atoms with Crippen molar-refractivity contribution in [1.29, 1.82) is 0 Å². The van der Waals surface area contributed by atoms with E-state index in [1.165, 1.54) is 0 Å². The smallest absolute Gasteiger partial charge is 0.189 e. The first-order chi connectivity index (χ1) is 13.5. The lowest BCUT2D eigenvalue weighted by Gasteiger charge is -2.27. The number of ether oxygens (including phenoxy) is 4. The maximum atomic E-state index is 10.4. The fraction of sp³-hybridized carbons (Fsp3) is 0.455. The second-order valence-electron chi connectivity index (χ2n) is 7.72. The van der Waals surface area contributed by atoms with E-state index < -0.39 is 36.5 Å². The van der Waals surface area contributed by atoms with Crippen LogP contribution in [0.4, 0.5) is 0 Å². The first kappa shape index (κ1) is 19.5. The Labute approximate surface area is 164 Å². The Morgan fingerprint density at radius 2 is 1.57 bits per heavy atom. The molecule has 0 radical (unpaired) electrons. The van der Waals surface area contributed by atoms with E-state index in [1.807, 2.05) is 60.7 Å². The van der Waals surface area contributed by atoms with E-state index in [1.54, 1.807) is 13.8 Å². The molecule has 2 aromatic rings. The van der Waals surface area contributed by atoms with Crippen molar-refractivity contribution in [2.24, 2.45) is 0 Å². The van der Waals surface area contributed by atoms with Crippen LogP contribution < -0.4 is 0 Å². The number of aliphatic hydroxyl groups is 2. The van der Waals surface area contributed by atoms with Gasteiger partial charge in [0.15, 0.2) is 17.7 Å². The van der Waals surface area contributed by atoms with Crippen LogP contribution in [0.1, 0.15) is 31.1 Å². The summed E-state index contributed by atoms with van der Waals surface area (Å²) in [4.78, 5) is 0. The molecule has 1 unspecified atom stereocenters. The summed E-state index contributed by atoms with van der Waals surface area (Å²) >= 11 is 0.